The highest BCUT2D eigenvalue weighted by Gasteiger charge is 2.37. The zero-order valence-electron chi connectivity index (χ0n) is 13.8. The van der Waals surface area contributed by atoms with Crippen molar-refractivity contribution in [3.8, 4) is 5.75 Å². The van der Waals surface area contributed by atoms with Gasteiger partial charge in [0.05, 0.1) is 18.4 Å². The lowest BCUT2D eigenvalue weighted by Gasteiger charge is -2.27. The number of halogens is 3. The minimum Gasteiger partial charge on any atom is -0.497 e. The van der Waals surface area contributed by atoms with Crippen LogP contribution in [0.5, 0.6) is 5.75 Å². The van der Waals surface area contributed by atoms with Gasteiger partial charge in [-0.25, -0.2) is 8.42 Å². The van der Waals surface area contributed by atoms with Crippen molar-refractivity contribution in [3.05, 3.63) is 48.0 Å². The lowest BCUT2D eigenvalue weighted by Crippen LogP contribution is -2.51. The topological polar surface area (TPSA) is 96.5 Å². The summed E-state index contributed by atoms with van der Waals surface area (Å²) >= 11 is 0. The zero-order valence-corrected chi connectivity index (χ0v) is 14.6. The first-order valence-corrected chi connectivity index (χ1v) is 9.03. The fraction of sp³-hybridized carbons (Fsp3) is 0.188. The van der Waals surface area contributed by atoms with Gasteiger partial charge in [0.15, 0.2) is 6.17 Å². The average molecular weight is 401 g/mol. The number of methoxy groups -OCH3 is 1. The summed E-state index contributed by atoms with van der Waals surface area (Å²) in [7, 11) is -2.69. The van der Waals surface area contributed by atoms with Crippen LogP contribution in [0, 0.1) is 0 Å². The molecule has 144 valence electrons. The summed E-state index contributed by atoms with van der Waals surface area (Å²) in [6.45, 7) is 0. The van der Waals surface area contributed by atoms with Gasteiger partial charge in [-0.15, -0.1) is 0 Å². The standard InChI is InChI=1S/C16H14F3N3O4S/c1-26-11-5-3-10(4-6-11)20-15(23)14-21-12-8-9(16(17,18)19)2-7-13(12)27(24,25)22-14/h2-8,14,21-22H,1H3,(H,20,23)/t14-/m0/s1. The Morgan fingerprint density at radius 1 is 1.15 bits per heavy atom. The molecule has 0 bridgehead atoms. The first-order chi connectivity index (χ1) is 12.6. The summed E-state index contributed by atoms with van der Waals surface area (Å²) < 4.78 is 70.2. The summed E-state index contributed by atoms with van der Waals surface area (Å²) in [6.07, 6.45) is -6.13. The molecule has 0 spiro atoms. The molecule has 3 rings (SSSR count). The summed E-state index contributed by atoms with van der Waals surface area (Å²) in [5, 5.41) is 4.95. The normalized spacial score (nSPS) is 18.1. The molecule has 0 fully saturated rings. The first-order valence-electron chi connectivity index (χ1n) is 7.55. The minimum absolute atomic E-state index is 0.307. The Morgan fingerprint density at radius 3 is 2.41 bits per heavy atom. The Hall–Kier alpha value is -2.79. The van der Waals surface area contributed by atoms with E-state index in [1.54, 1.807) is 12.1 Å². The fourth-order valence-corrected chi connectivity index (χ4v) is 3.72. The van der Waals surface area contributed by atoms with E-state index in [0.717, 1.165) is 6.07 Å². The minimum atomic E-state index is -4.65. The third kappa shape index (κ3) is 3.98. The number of fused-ring (bicyclic) bond motifs is 1. The van der Waals surface area contributed by atoms with Gasteiger partial charge in [-0.05, 0) is 42.5 Å². The molecule has 1 atom stereocenters. The smallest absolute Gasteiger partial charge is 0.416 e. The lowest BCUT2D eigenvalue weighted by molar-refractivity contribution is -0.137. The average Bonchev–Trinajstić information content (AvgIpc) is 2.60. The maximum Gasteiger partial charge on any atom is 0.416 e. The van der Waals surface area contributed by atoms with Gasteiger partial charge in [0, 0.05) is 5.69 Å². The van der Waals surface area contributed by atoms with Crippen LogP contribution in [-0.2, 0) is 21.0 Å². The SMILES string of the molecule is COc1ccc(NC(=O)[C@H]2Nc3cc(C(F)(F)F)ccc3S(=O)(=O)N2)cc1. The van der Waals surface area contributed by atoms with E-state index < -0.39 is 33.8 Å². The van der Waals surface area contributed by atoms with Gasteiger partial charge < -0.3 is 15.4 Å². The molecule has 2 aromatic rings. The zero-order chi connectivity index (χ0) is 19.8. The van der Waals surface area contributed by atoms with Gasteiger partial charge in [0.2, 0.25) is 10.0 Å². The van der Waals surface area contributed by atoms with Crippen molar-refractivity contribution in [2.24, 2.45) is 0 Å². The molecule has 1 heterocycles. The molecule has 1 aliphatic rings. The Morgan fingerprint density at radius 2 is 1.81 bits per heavy atom. The van der Waals surface area contributed by atoms with Crippen LogP contribution in [0.15, 0.2) is 47.4 Å². The Kier molecular flexibility index (Phi) is 4.74. The van der Waals surface area contributed by atoms with E-state index in [1.807, 2.05) is 0 Å². The number of hydrogen-bond donors (Lipinski definition) is 3. The van der Waals surface area contributed by atoms with Crippen molar-refractivity contribution in [1.29, 1.82) is 0 Å². The predicted octanol–water partition coefficient (Wildman–Crippen LogP) is 2.38. The molecule has 0 aromatic heterocycles. The molecule has 0 saturated heterocycles. The highest BCUT2D eigenvalue weighted by molar-refractivity contribution is 7.89. The molecule has 0 unspecified atom stereocenters. The van der Waals surface area contributed by atoms with E-state index >= 15 is 0 Å². The second-order valence-electron chi connectivity index (χ2n) is 5.63. The molecular formula is C16H14F3N3O4S. The fourth-order valence-electron chi connectivity index (χ4n) is 2.46. The molecule has 1 amide bonds. The number of amides is 1. The number of anilines is 2. The van der Waals surface area contributed by atoms with Gasteiger partial charge in [0.25, 0.3) is 5.91 Å². The van der Waals surface area contributed by atoms with E-state index in [2.05, 4.69) is 15.4 Å². The molecule has 11 heteroatoms. The number of ether oxygens (including phenoxy) is 1. The number of hydrogen-bond acceptors (Lipinski definition) is 5. The molecule has 27 heavy (non-hydrogen) atoms. The van der Waals surface area contributed by atoms with Crippen molar-refractivity contribution >= 4 is 27.3 Å². The summed E-state index contributed by atoms with van der Waals surface area (Å²) in [6, 6.07) is 8.38. The van der Waals surface area contributed by atoms with Crippen molar-refractivity contribution in [2.45, 2.75) is 17.2 Å². The van der Waals surface area contributed by atoms with E-state index in [4.69, 9.17) is 4.74 Å². The van der Waals surface area contributed by atoms with Gasteiger partial charge in [0.1, 0.15) is 10.6 Å². The van der Waals surface area contributed by atoms with E-state index in [-0.39, 0.29) is 10.6 Å². The quantitative estimate of drug-likeness (QED) is 0.734. The second-order valence-corrected chi connectivity index (χ2v) is 7.31. The van der Waals surface area contributed by atoms with Gasteiger partial charge in [-0.1, -0.05) is 0 Å². The molecule has 7 nitrogen and oxygen atoms in total. The molecule has 2 aromatic carbocycles. The van der Waals surface area contributed by atoms with Crippen LogP contribution >= 0.6 is 0 Å². The molecule has 0 radical (unpaired) electrons. The van der Waals surface area contributed by atoms with Crippen LogP contribution in [0.2, 0.25) is 0 Å². The highest BCUT2D eigenvalue weighted by Crippen LogP contribution is 2.35. The molecule has 1 aliphatic heterocycles. The number of sulfonamides is 1. The predicted molar refractivity (Wildman–Crippen MR) is 90.8 cm³/mol. The maximum atomic E-state index is 12.9. The number of alkyl halides is 3. The van der Waals surface area contributed by atoms with Crippen LogP contribution in [0.1, 0.15) is 5.56 Å². The van der Waals surface area contributed by atoms with Crippen molar-refractivity contribution in [3.63, 3.8) is 0 Å². The van der Waals surface area contributed by atoms with Gasteiger partial charge in [-0.3, -0.25) is 4.79 Å². The maximum absolute atomic E-state index is 12.9. The number of carbonyl (C=O) groups excluding carboxylic acids is 1. The van der Waals surface area contributed by atoms with Crippen LogP contribution in [0.3, 0.4) is 0 Å². The van der Waals surface area contributed by atoms with Crippen molar-refractivity contribution < 1.29 is 31.1 Å². The summed E-state index contributed by atoms with van der Waals surface area (Å²) in [5.74, 6) is -0.232. The van der Waals surface area contributed by atoms with Crippen LogP contribution in [-0.4, -0.2) is 27.6 Å². The van der Waals surface area contributed by atoms with Crippen molar-refractivity contribution in [1.82, 2.24) is 4.72 Å². The summed E-state index contributed by atoms with van der Waals surface area (Å²) in [4.78, 5) is 12.0. The molecular weight excluding hydrogens is 387 g/mol. The van der Waals surface area contributed by atoms with E-state index in [1.165, 1.54) is 19.2 Å². The Bertz CT molecular complexity index is 975. The van der Waals surface area contributed by atoms with E-state index in [9.17, 15) is 26.4 Å². The molecule has 3 N–H and O–H groups in total. The highest BCUT2D eigenvalue weighted by atomic mass is 32.2. The number of carbonyl (C=O) groups is 1. The molecule has 0 aliphatic carbocycles. The van der Waals surface area contributed by atoms with E-state index in [0.29, 0.717) is 23.6 Å². The van der Waals surface area contributed by atoms with Crippen molar-refractivity contribution in [2.75, 3.05) is 17.7 Å². The first kappa shape index (κ1) is 19.0. The largest absolute Gasteiger partial charge is 0.497 e. The monoisotopic (exact) mass is 401 g/mol. The Balaban J connectivity index is 1.85. The van der Waals surface area contributed by atoms with Crippen LogP contribution in [0.25, 0.3) is 0 Å². The number of rotatable bonds is 3. The van der Waals surface area contributed by atoms with Gasteiger partial charge in [-0.2, -0.15) is 17.9 Å². The third-order valence-electron chi connectivity index (χ3n) is 3.79. The Labute approximate surface area is 152 Å². The van der Waals surface area contributed by atoms with Gasteiger partial charge >= 0.3 is 6.18 Å². The third-order valence-corrected chi connectivity index (χ3v) is 5.27. The number of benzene rings is 2. The van der Waals surface area contributed by atoms with Crippen LogP contribution in [0.4, 0.5) is 24.5 Å². The van der Waals surface area contributed by atoms with Crippen LogP contribution < -0.4 is 20.1 Å². The lowest BCUT2D eigenvalue weighted by atomic mass is 10.2. The molecule has 0 saturated carbocycles. The second kappa shape index (κ2) is 6.74. The number of nitrogens with one attached hydrogen (secondary N) is 3. The summed E-state index contributed by atoms with van der Waals surface area (Å²) in [5.41, 5.74) is -0.977.